The molecule has 3 N–H and O–H groups in total. The summed E-state index contributed by atoms with van der Waals surface area (Å²) >= 11 is 1.26. The van der Waals surface area contributed by atoms with Crippen molar-refractivity contribution in [2.45, 2.75) is 64.8 Å². The van der Waals surface area contributed by atoms with Crippen molar-refractivity contribution in [1.29, 1.82) is 0 Å². The highest BCUT2D eigenvalue weighted by Crippen LogP contribution is 2.39. The first-order valence-electron chi connectivity index (χ1n) is 10.0. The van der Waals surface area contributed by atoms with Crippen molar-refractivity contribution in [2.24, 2.45) is 5.14 Å². The maximum Gasteiger partial charge on any atom is 0.165 e. The summed E-state index contributed by atoms with van der Waals surface area (Å²) in [5.41, 5.74) is 2.37. The lowest BCUT2D eigenvalue weighted by Gasteiger charge is -2.28. The van der Waals surface area contributed by atoms with Gasteiger partial charge in [-0.1, -0.05) is 38.8 Å². The molecule has 0 heterocycles. The summed E-state index contributed by atoms with van der Waals surface area (Å²) in [5, 5.41) is 9.27. The molecule has 0 radical (unpaired) electrons. The van der Waals surface area contributed by atoms with E-state index in [0.29, 0.717) is 0 Å². The Bertz CT molecular complexity index is 606. The van der Waals surface area contributed by atoms with Crippen LogP contribution in [-0.2, 0) is 6.54 Å². The second-order valence-electron chi connectivity index (χ2n) is 6.69. The number of nitrogens with zero attached hydrogens (tertiary/aromatic N) is 1. The molecule has 1 aromatic carbocycles. The molecule has 0 aliphatic carbocycles. The van der Waals surface area contributed by atoms with E-state index in [1.54, 1.807) is 0 Å². The molecule has 5 heteroatoms. The third-order valence-electron chi connectivity index (χ3n) is 4.29. The number of nitrogens with one attached hydrogen (secondary N) is 1. The summed E-state index contributed by atoms with van der Waals surface area (Å²) in [5.74, 6) is 1.73. The number of benzene rings is 1. The molecule has 0 spiro atoms. The molecule has 0 unspecified atom stereocenters. The third kappa shape index (κ3) is 7.99. The highest BCUT2D eigenvalue weighted by molar-refractivity contribution is 7.97. The van der Waals surface area contributed by atoms with Gasteiger partial charge in [-0.15, -0.1) is 0 Å². The molecule has 1 rings (SSSR count). The first kappa shape index (κ1) is 23.6. The van der Waals surface area contributed by atoms with Gasteiger partial charge >= 0.3 is 0 Å². The summed E-state index contributed by atoms with van der Waals surface area (Å²) in [7, 11) is 1.97. The monoisotopic (exact) mass is 391 g/mol. The van der Waals surface area contributed by atoms with Gasteiger partial charge in [0.1, 0.15) is 5.76 Å². The van der Waals surface area contributed by atoms with Crippen LogP contribution < -0.4 is 20.1 Å². The summed E-state index contributed by atoms with van der Waals surface area (Å²) in [4.78, 5) is 3.44. The molecule has 1 aromatic rings. The van der Waals surface area contributed by atoms with Crippen molar-refractivity contribution in [1.82, 2.24) is 5.32 Å². The predicted octanol–water partition coefficient (Wildman–Crippen LogP) is 5.64. The summed E-state index contributed by atoms with van der Waals surface area (Å²) in [6.07, 6.45) is 10.7. The maximum absolute atomic E-state index is 6.29. The fourth-order valence-electron chi connectivity index (χ4n) is 2.85. The average Bonchev–Trinajstić information content (AvgIpc) is 2.67. The number of unbranched alkanes of at least 4 members (excludes halogenated alkanes) is 2. The van der Waals surface area contributed by atoms with Gasteiger partial charge in [0.15, 0.2) is 5.75 Å². The molecule has 0 bridgehead atoms. The molecule has 0 saturated carbocycles. The smallest absolute Gasteiger partial charge is 0.165 e. The highest BCUT2D eigenvalue weighted by atomic mass is 32.2. The Kier molecular flexibility index (Phi) is 12.0. The Balaban J connectivity index is 3.40. The van der Waals surface area contributed by atoms with E-state index in [0.717, 1.165) is 54.6 Å². The van der Waals surface area contributed by atoms with Crippen LogP contribution in [0.15, 0.2) is 41.0 Å². The van der Waals surface area contributed by atoms with Crippen molar-refractivity contribution in [3.05, 3.63) is 41.7 Å². The van der Waals surface area contributed by atoms with Crippen molar-refractivity contribution >= 4 is 17.6 Å². The molecule has 0 atom stereocenters. The van der Waals surface area contributed by atoms with Crippen LogP contribution in [0.3, 0.4) is 0 Å². The van der Waals surface area contributed by atoms with Gasteiger partial charge in [-0.2, -0.15) is 0 Å². The highest BCUT2D eigenvalue weighted by Gasteiger charge is 2.18. The van der Waals surface area contributed by atoms with E-state index < -0.39 is 0 Å². The second kappa shape index (κ2) is 13.7. The molecule has 0 saturated heterocycles. The topological polar surface area (TPSA) is 50.5 Å². The third-order valence-corrected chi connectivity index (χ3v) is 4.85. The van der Waals surface area contributed by atoms with Gasteiger partial charge in [0.25, 0.3) is 0 Å². The van der Waals surface area contributed by atoms with Gasteiger partial charge in [0, 0.05) is 19.6 Å². The minimum absolute atomic E-state index is 0.809. The Morgan fingerprint density at radius 2 is 1.89 bits per heavy atom. The van der Waals surface area contributed by atoms with Gasteiger partial charge in [-0.25, -0.2) is 0 Å². The average molecular weight is 392 g/mol. The number of rotatable bonds is 13. The van der Waals surface area contributed by atoms with Gasteiger partial charge in [0.05, 0.1) is 10.6 Å². The molecule has 27 heavy (non-hydrogen) atoms. The van der Waals surface area contributed by atoms with Gasteiger partial charge in [-0.05, 0) is 69.5 Å². The van der Waals surface area contributed by atoms with Crippen LogP contribution >= 0.6 is 11.9 Å². The lowest BCUT2D eigenvalue weighted by atomic mass is 10.1. The van der Waals surface area contributed by atoms with Crippen LogP contribution in [0.25, 0.3) is 0 Å². The van der Waals surface area contributed by atoms with Crippen molar-refractivity contribution in [3.63, 3.8) is 0 Å². The first-order chi connectivity index (χ1) is 13.1. The van der Waals surface area contributed by atoms with Gasteiger partial charge in [-0.3, -0.25) is 5.14 Å². The molecule has 0 aliphatic rings. The maximum atomic E-state index is 6.29. The quantitative estimate of drug-likeness (QED) is 0.259. The minimum Gasteiger partial charge on any atom is -0.459 e. The zero-order valence-electron chi connectivity index (χ0n) is 17.7. The summed E-state index contributed by atoms with van der Waals surface area (Å²) < 4.78 is 6.29. The standard InChI is InChI=1S/C22H37N3OS/c1-6-9-12-18(4)26-22-20(25(13-10-7-2)14-11-8-3)15-19(17-24-5)16-21(22)27-23/h6,9,12,15-16,24H,7-8,10-11,13-14,17,23H2,1-5H3/b9-6-,18-12+. The molecule has 0 amide bonds. The van der Waals surface area contributed by atoms with Crippen LogP contribution in [-0.4, -0.2) is 20.1 Å². The molecule has 0 aromatic heterocycles. The van der Waals surface area contributed by atoms with Crippen molar-refractivity contribution in [2.75, 3.05) is 25.0 Å². The van der Waals surface area contributed by atoms with E-state index >= 15 is 0 Å². The zero-order chi connectivity index (χ0) is 20.1. The molecule has 0 aliphatic heterocycles. The van der Waals surface area contributed by atoms with Crippen LogP contribution in [0.1, 0.15) is 58.9 Å². The van der Waals surface area contributed by atoms with Crippen molar-refractivity contribution in [3.8, 4) is 5.75 Å². The summed E-state index contributed by atoms with van der Waals surface area (Å²) in [6, 6.07) is 4.38. The molecular formula is C22H37N3OS. The number of hydrogen-bond donors (Lipinski definition) is 2. The number of ether oxygens (including phenoxy) is 1. The Labute approximate surface area is 170 Å². The molecule has 0 fully saturated rings. The van der Waals surface area contributed by atoms with Crippen LogP contribution in [0.4, 0.5) is 5.69 Å². The van der Waals surface area contributed by atoms with Crippen LogP contribution in [0.2, 0.25) is 0 Å². The SMILES string of the molecule is C/C=C\C=C(/C)Oc1c(SN)cc(CNC)cc1N(CCCC)CCCC. The normalized spacial score (nSPS) is 12.0. The number of nitrogens with two attached hydrogens (primary N) is 1. The van der Waals surface area contributed by atoms with E-state index in [2.05, 4.69) is 36.2 Å². The second-order valence-corrected chi connectivity index (χ2v) is 7.37. The lowest BCUT2D eigenvalue weighted by Crippen LogP contribution is -2.26. The fourth-order valence-corrected chi connectivity index (χ4v) is 3.32. The van der Waals surface area contributed by atoms with E-state index in [-0.39, 0.29) is 0 Å². The van der Waals surface area contributed by atoms with E-state index in [9.17, 15) is 0 Å². The van der Waals surface area contributed by atoms with Gasteiger partial charge < -0.3 is 15.0 Å². The Morgan fingerprint density at radius 1 is 1.22 bits per heavy atom. The molecule has 152 valence electrons. The predicted molar refractivity (Wildman–Crippen MR) is 120 cm³/mol. The molecular weight excluding hydrogens is 354 g/mol. The number of allylic oxidation sites excluding steroid dienone is 4. The van der Waals surface area contributed by atoms with E-state index in [4.69, 9.17) is 9.88 Å². The Hall–Kier alpha value is -1.43. The van der Waals surface area contributed by atoms with Crippen LogP contribution in [0, 0.1) is 0 Å². The summed E-state index contributed by atoms with van der Waals surface area (Å²) in [6.45, 7) is 11.3. The first-order valence-corrected chi connectivity index (χ1v) is 10.9. The fraction of sp³-hybridized carbons (Fsp3) is 0.545. The lowest BCUT2D eigenvalue weighted by molar-refractivity contribution is 0.416. The molecule has 4 nitrogen and oxygen atoms in total. The zero-order valence-corrected chi connectivity index (χ0v) is 18.5. The van der Waals surface area contributed by atoms with Crippen molar-refractivity contribution < 1.29 is 4.74 Å². The van der Waals surface area contributed by atoms with E-state index in [1.807, 2.05) is 39.1 Å². The largest absolute Gasteiger partial charge is 0.459 e. The minimum atomic E-state index is 0.809. The number of hydrogen-bond acceptors (Lipinski definition) is 5. The number of anilines is 1. The Morgan fingerprint density at radius 3 is 2.41 bits per heavy atom. The van der Waals surface area contributed by atoms with Gasteiger partial charge in [0.2, 0.25) is 0 Å². The van der Waals surface area contributed by atoms with E-state index in [1.165, 1.54) is 30.4 Å². The van der Waals surface area contributed by atoms with Crippen LogP contribution in [0.5, 0.6) is 5.75 Å².